The van der Waals surface area contributed by atoms with Crippen LogP contribution < -0.4 is 4.90 Å². The van der Waals surface area contributed by atoms with Gasteiger partial charge >= 0.3 is 0 Å². The van der Waals surface area contributed by atoms with Crippen molar-refractivity contribution >= 4 is 5.82 Å². The Hall–Kier alpha value is -1.60. The predicted octanol–water partition coefficient (Wildman–Crippen LogP) is 0.705. The quantitative estimate of drug-likeness (QED) is 0.672. The third kappa shape index (κ3) is 2.08. The summed E-state index contributed by atoms with van der Waals surface area (Å²) in [6, 6.07) is 5.81. The summed E-state index contributed by atoms with van der Waals surface area (Å²) in [7, 11) is 2.11. The second-order valence-corrected chi connectivity index (χ2v) is 3.78. The Bertz CT molecular complexity index is 374. The number of hydrogen-bond donors (Lipinski definition) is 0. The van der Waals surface area contributed by atoms with E-state index in [0.717, 1.165) is 32.0 Å². The van der Waals surface area contributed by atoms with Gasteiger partial charge in [0.1, 0.15) is 11.9 Å². The van der Waals surface area contributed by atoms with Crippen molar-refractivity contribution in [3.05, 3.63) is 23.9 Å². The Morgan fingerprint density at radius 3 is 2.73 bits per heavy atom. The van der Waals surface area contributed by atoms with Crippen LogP contribution >= 0.6 is 0 Å². The van der Waals surface area contributed by atoms with Gasteiger partial charge in [0.25, 0.3) is 0 Å². The van der Waals surface area contributed by atoms with E-state index in [1.807, 2.05) is 6.07 Å². The van der Waals surface area contributed by atoms with Crippen LogP contribution in [0.2, 0.25) is 0 Å². The first-order chi connectivity index (χ1) is 7.31. The highest BCUT2D eigenvalue weighted by Gasteiger charge is 2.17. The summed E-state index contributed by atoms with van der Waals surface area (Å²) >= 11 is 0. The molecule has 0 aliphatic carbocycles. The number of rotatable bonds is 1. The summed E-state index contributed by atoms with van der Waals surface area (Å²) in [4.78, 5) is 8.75. The van der Waals surface area contributed by atoms with Crippen molar-refractivity contribution in [3.63, 3.8) is 0 Å². The fourth-order valence-electron chi connectivity index (χ4n) is 1.75. The lowest BCUT2D eigenvalue weighted by atomic mass is 10.2. The highest BCUT2D eigenvalue weighted by atomic mass is 15.3. The molecule has 0 unspecified atom stereocenters. The van der Waals surface area contributed by atoms with Gasteiger partial charge in [-0.15, -0.1) is 0 Å². The van der Waals surface area contributed by atoms with Crippen LogP contribution in [-0.2, 0) is 0 Å². The van der Waals surface area contributed by atoms with E-state index in [4.69, 9.17) is 5.26 Å². The standard InChI is InChI=1S/C11H14N4/c1-14-5-7-15(8-6-14)11-10(9-12)3-2-4-13-11/h2-4H,5-8H2,1H3. The molecule has 4 heteroatoms. The average Bonchev–Trinajstić information content (AvgIpc) is 2.30. The fraction of sp³-hybridized carbons (Fsp3) is 0.455. The molecular weight excluding hydrogens is 188 g/mol. The Balaban J connectivity index is 2.19. The minimum Gasteiger partial charge on any atom is -0.353 e. The van der Waals surface area contributed by atoms with Gasteiger partial charge in [-0.2, -0.15) is 5.26 Å². The van der Waals surface area contributed by atoms with Gasteiger partial charge in [0.05, 0.1) is 5.56 Å². The van der Waals surface area contributed by atoms with Crippen molar-refractivity contribution in [2.75, 3.05) is 38.1 Å². The van der Waals surface area contributed by atoms with Gasteiger partial charge in [0, 0.05) is 32.4 Å². The molecule has 0 aromatic carbocycles. The summed E-state index contributed by atoms with van der Waals surface area (Å²) in [5, 5.41) is 8.97. The predicted molar refractivity (Wildman–Crippen MR) is 58.7 cm³/mol. The average molecular weight is 202 g/mol. The van der Waals surface area contributed by atoms with Gasteiger partial charge < -0.3 is 9.80 Å². The van der Waals surface area contributed by atoms with E-state index in [2.05, 4.69) is 27.9 Å². The van der Waals surface area contributed by atoms with Gasteiger partial charge in [-0.1, -0.05) is 0 Å². The van der Waals surface area contributed by atoms with E-state index in [1.165, 1.54) is 0 Å². The lowest BCUT2D eigenvalue weighted by Gasteiger charge is -2.33. The Morgan fingerprint density at radius 1 is 1.33 bits per heavy atom. The van der Waals surface area contributed by atoms with E-state index in [0.29, 0.717) is 5.56 Å². The molecule has 0 atom stereocenters. The summed E-state index contributed by atoms with van der Waals surface area (Å²) in [6.45, 7) is 3.95. The van der Waals surface area contributed by atoms with Crippen LogP contribution in [-0.4, -0.2) is 43.1 Å². The maximum Gasteiger partial charge on any atom is 0.146 e. The van der Waals surface area contributed by atoms with Crippen molar-refractivity contribution in [1.82, 2.24) is 9.88 Å². The maximum atomic E-state index is 8.97. The molecule has 0 N–H and O–H groups in total. The first-order valence-electron chi connectivity index (χ1n) is 5.10. The van der Waals surface area contributed by atoms with Crippen LogP contribution in [0.1, 0.15) is 5.56 Å². The molecule has 1 fully saturated rings. The molecule has 0 radical (unpaired) electrons. The molecule has 1 aromatic heterocycles. The molecule has 1 aliphatic rings. The molecule has 0 spiro atoms. The molecule has 1 saturated heterocycles. The number of piperazine rings is 1. The lowest BCUT2D eigenvalue weighted by Crippen LogP contribution is -2.45. The highest BCUT2D eigenvalue weighted by molar-refractivity contribution is 5.53. The first-order valence-corrected chi connectivity index (χ1v) is 5.10. The second kappa shape index (κ2) is 4.28. The lowest BCUT2D eigenvalue weighted by molar-refractivity contribution is 0.312. The number of aromatic nitrogens is 1. The van der Waals surface area contributed by atoms with Gasteiger partial charge in [-0.25, -0.2) is 4.98 Å². The number of pyridine rings is 1. The molecule has 4 nitrogen and oxygen atoms in total. The maximum absolute atomic E-state index is 8.97. The molecular formula is C11H14N4. The highest BCUT2D eigenvalue weighted by Crippen LogP contribution is 2.17. The van der Waals surface area contributed by atoms with Crippen LogP contribution in [0.5, 0.6) is 0 Å². The molecule has 1 aromatic rings. The number of nitriles is 1. The largest absolute Gasteiger partial charge is 0.353 e. The van der Waals surface area contributed by atoms with E-state index in [9.17, 15) is 0 Å². The van der Waals surface area contributed by atoms with E-state index < -0.39 is 0 Å². The van der Waals surface area contributed by atoms with E-state index in [1.54, 1.807) is 12.3 Å². The zero-order chi connectivity index (χ0) is 10.7. The molecule has 2 heterocycles. The van der Waals surface area contributed by atoms with Gasteiger partial charge in [0.2, 0.25) is 0 Å². The summed E-state index contributed by atoms with van der Waals surface area (Å²) in [5.41, 5.74) is 0.669. The number of nitrogens with zero attached hydrogens (tertiary/aromatic N) is 4. The third-order valence-corrected chi connectivity index (χ3v) is 2.71. The van der Waals surface area contributed by atoms with Gasteiger partial charge in [-0.3, -0.25) is 0 Å². The fourth-order valence-corrected chi connectivity index (χ4v) is 1.75. The zero-order valence-corrected chi connectivity index (χ0v) is 8.85. The summed E-state index contributed by atoms with van der Waals surface area (Å²) in [6.07, 6.45) is 1.74. The van der Waals surface area contributed by atoms with Gasteiger partial charge in [0.15, 0.2) is 0 Å². The van der Waals surface area contributed by atoms with Crippen molar-refractivity contribution in [2.45, 2.75) is 0 Å². The molecule has 0 amide bonds. The Labute approximate surface area is 89.7 Å². The number of hydrogen-bond acceptors (Lipinski definition) is 4. The number of anilines is 1. The van der Waals surface area contributed by atoms with E-state index in [-0.39, 0.29) is 0 Å². The molecule has 15 heavy (non-hydrogen) atoms. The van der Waals surface area contributed by atoms with Crippen molar-refractivity contribution in [2.24, 2.45) is 0 Å². The third-order valence-electron chi connectivity index (χ3n) is 2.71. The van der Waals surface area contributed by atoms with Crippen LogP contribution in [0.4, 0.5) is 5.82 Å². The summed E-state index contributed by atoms with van der Waals surface area (Å²) in [5.74, 6) is 0.827. The van der Waals surface area contributed by atoms with Crippen molar-refractivity contribution < 1.29 is 0 Å². The monoisotopic (exact) mass is 202 g/mol. The van der Waals surface area contributed by atoms with Crippen LogP contribution in [0.15, 0.2) is 18.3 Å². The molecule has 0 saturated carbocycles. The van der Waals surface area contributed by atoms with Crippen molar-refractivity contribution in [3.8, 4) is 6.07 Å². The normalized spacial score (nSPS) is 17.5. The number of likely N-dealkylation sites (N-methyl/N-ethyl adjacent to an activating group) is 1. The smallest absolute Gasteiger partial charge is 0.146 e. The van der Waals surface area contributed by atoms with Crippen LogP contribution in [0.25, 0.3) is 0 Å². The molecule has 1 aliphatic heterocycles. The Morgan fingerprint density at radius 2 is 2.07 bits per heavy atom. The summed E-state index contributed by atoms with van der Waals surface area (Å²) < 4.78 is 0. The first kappa shape index (κ1) is 9.94. The molecule has 78 valence electrons. The minimum atomic E-state index is 0.669. The van der Waals surface area contributed by atoms with Gasteiger partial charge in [-0.05, 0) is 19.2 Å². The zero-order valence-electron chi connectivity index (χ0n) is 8.85. The van der Waals surface area contributed by atoms with Crippen LogP contribution in [0.3, 0.4) is 0 Å². The van der Waals surface area contributed by atoms with Crippen molar-refractivity contribution in [1.29, 1.82) is 5.26 Å². The minimum absolute atomic E-state index is 0.669. The molecule has 0 bridgehead atoms. The topological polar surface area (TPSA) is 43.2 Å². The molecule has 2 rings (SSSR count). The van der Waals surface area contributed by atoms with Crippen LogP contribution in [0, 0.1) is 11.3 Å². The van der Waals surface area contributed by atoms with E-state index >= 15 is 0 Å². The second-order valence-electron chi connectivity index (χ2n) is 3.78. The SMILES string of the molecule is CN1CCN(c2ncccc2C#N)CC1. The Kier molecular flexibility index (Phi) is 2.84.